The van der Waals surface area contributed by atoms with Crippen LogP contribution in [-0.4, -0.2) is 24.8 Å². The fourth-order valence-electron chi connectivity index (χ4n) is 1.24. The summed E-state index contributed by atoms with van der Waals surface area (Å²) in [6, 6.07) is 3.76. The van der Waals surface area contributed by atoms with Crippen molar-refractivity contribution in [3.63, 3.8) is 0 Å². The zero-order valence-electron chi connectivity index (χ0n) is 9.98. The van der Waals surface area contributed by atoms with E-state index in [1.165, 1.54) is 0 Å². The second-order valence-electron chi connectivity index (χ2n) is 3.68. The molecule has 0 spiro atoms. The van der Waals surface area contributed by atoms with Crippen molar-refractivity contribution in [2.75, 3.05) is 19.8 Å². The van der Waals surface area contributed by atoms with E-state index in [4.69, 9.17) is 15.2 Å². The summed E-state index contributed by atoms with van der Waals surface area (Å²) in [6.45, 7) is 5.90. The first-order chi connectivity index (χ1) is 7.74. The van der Waals surface area contributed by atoms with Crippen molar-refractivity contribution in [2.45, 2.75) is 26.3 Å². The summed E-state index contributed by atoms with van der Waals surface area (Å²) >= 11 is 0. The number of hydrogen-bond acceptors (Lipinski definition) is 4. The van der Waals surface area contributed by atoms with Crippen LogP contribution in [0.1, 0.15) is 31.9 Å². The van der Waals surface area contributed by atoms with Crippen LogP contribution < -0.4 is 10.5 Å². The van der Waals surface area contributed by atoms with Gasteiger partial charge in [0.15, 0.2) is 0 Å². The largest absolute Gasteiger partial charge is 0.475 e. The Balaban J connectivity index is 2.33. The number of nitrogens with zero attached hydrogens (tertiary/aromatic N) is 1. The smallest absolute Gasteiger partial charge is 0.213 e. The van der Waals surface area contributed by atoms with Gasteiger partial charge in [0, 0.05) is 24.9 Å². The molecule has 0 saturated carbocycles. The molecule has 2 N–H and O–H groups in total. The average Bonchev–Trinajstić information content (AvgIpc) is 2.29. The van der Waals surface area contributed by atoms with Gasteiger partial charge in [0.25, 0.3) is 0 Å². The molecule has 0 amide bonds. The minimum absolute atomic E-state index is 0.00157. The van der Waals surface area contributed by atoms with Gasteiger partial charge < -0.3 is 15.2 Å². The van der Waals surface area contributed by atoms with E-state index in [2.05, 4.69) is 11.9 Å². The summed E-state index contributed by atoms with van der Waals surface area (Å²) in [5.74, 6) is 0.606. The van der Waals surface area contributed by atoms with Crippen LogP contribution in [0.3, 0.4) is 0 Å². The summed E-state index contributed by atoms with van der Waals surface area (Å²) in [6.07, 6.45) is 2.74. The van der Waals surface area contributed by atoms with Crippen molar-refractivity contribution in [1.29, 1.82) is 0 Å². The lowest BCUT2D eigenvalue weighted by Gasteiger charge is -2.09. The van der Waals surface area contributed by atoms with Gasteiger partial charge in [-0.2, -0.15) is 0 Å². The van der Waals surface area contributed by atoms with E-state index in [0.717, 1.165) is 18.6 Å². The number of nitrogens with two attached hydrogens (primary N) is 1. The first-order valence-electron chi connectivity index (χ1n) is 5.66. The molecule has 0 bridgehead atoms. The van der Waals surface area contributed by atoms with Crippen LogP contribution in [0.4, 0.5) is 0 Å². The zero-order valence-corrected chi connectivity index (χ0v) is 9.98. The van der Waals surface area contributed by atoms with Gasteiger partial charge in [-0.25, -0.2) is 4.98 Å². The normalized spacial score (nSPS) is 12.4. The van der Waals surface area contributed by atoms with Crippen molar-refractivity contribution in [1.82, 2.24) is 4.98 Å². The van der Waals surface area contributed by atoms with Gasteiger partial charge in [0.1, 0.15) is 6.61 Å². The Labute approximate surface area is 96.8 Å². The minimum atomic E-state index is 0.00157. The fraction of sp³-hybridized carbons (Fsp3) is 0.583. The maximum absolute atomic E-state index is 5.77. The average molecular weight is 224 g/mol. The molecular formula is C12H20N2O2. The van der Waals surface area contributed by atoms with Crippen LogP contribution in [-0.2, 0) is 4.74 Å². The Morgan fingerprint density at radius 2 is 2.19 bits per heavy atom. The predicted molar refractivity (Wildman–Crippen MR) is 63.4 cm³/mol. The van der Waals surface area contributed by atoms with E-state index in [0.29, 0.717) is 19.1 Å². The Morgan fingerprint density at radius 3 is 2.88 bits per heavy atom. The minimum Gasteiger partial charge on any atom is -0.475 e. The number of pyridine rings is 1. The second kappa shape index (κ2) is 7.19. The maximum Gasteiger partial charge on any atom is 0.213 e. The van der Waals surface area contributed by atoms with Gasteiger partial charge >= 0.3 is 0 Å². The molecule has 1 rings (SSSR count). The quantitative estimate of drug-likeness (QED) is 0.719. The molecule has 0 aliphatic rings. The standard InChI is InChI=1S/C12H20N2O2/c1-3-6-15-7-8-16-12-9-11(10(2)13)4-5-14-12/h4-5,9-10H,3,6-8,13H2,1-2H3/t10-/m0/s1. The predicted octanol–water partition coefficient (Wildman–Crippen LogP) is 1.91. The molecule has 0 aliphatic carbocycles. The molecule has 16 heavy (non-hydrogen) atoms. The van der Waals surface area contributed by atoms with E-state index in [-0.39, 0.29) is 6.04 Å². The highest BCUT2D eigenvalue weighted by atomic mass is 16.5. The summed E-state index contributed by atoms with van der Waals surface area (Å²) < 4.78 is 10.8. The van der Waals surface area contributed by atoms with E-state index >= 15 is 0 Å². The van der Waals surface area contributed by atoms with Crippen LogP contribution in [0.25, 0.3) is 0 Å². The Hall–Kier alpha value is -1.13. The Kier molecular flexibility index (Phi) is 5.82. The van der Waals surface area contributed by atoms with E-state index in [9.17, 15) is 0 Å². The molecular weight excluding hydrogens is 204 g/mol. The van der Waals surface area contributed by atoms with E-state index < -0.39 is 0 Å². The highest BCUT2D eigenvalue weighted by Crippen LogP contribution is 2.14. The van der Waals surface area contributed by atoms with Gasteiger partial charge in [-0.1, -0.05) is 6.92 Å². The lowest BCUT2D eigenvalue weighted by atomic mass is 10.1. The highest BCUT2D eigenvalue weighted by Gasteiger charge is 2.02. The fourth-order valence-corrected chi connectivity index (χ4v) is 1.24. The topological polar surface area (TPSA) is 57.4 Å². The van der Waals surface area contributed by atoms with Gasteiger partial charge in [-0.05, 0) is 25.0 Å². The molecule has 0 fully saturated rings. The van der Waals surface area contributed by atoms with Gasteiger partial charge in [0.05, 0.1) is 6.61 Å². The third-order valence-corrected chi connectivity index (χ3v) is 2.11. The van der Waals surface area contributed by atoms with Gasteiger partial charge in [-0.15, -0.1) is 0 Å². The van der Waals surface area contributed by atoms with Crippen molar-refractivity contribution in [2.24, 2.45) is 5.73 Å². The molecule has 1 heterocycles. The molecule has 0 radical (unpaired) electrons. The number of hydrogen-bond donors (Lipinski definition) is 1. The van der Waals surface area contributed by atoms with Gasteiger partial charge in [0.2, 0.25) is 5.88 Å². The van der Waals surface area contributed by atoms with Crippen molar-refractivity contribution >= 4 is 0 Å². The van der Waals surface area contributed by atoms with E-state index in [1.807, 2.05) is 19.1 Å². The lowest BCUT2D eigenvalue weighted by Crippen LogP contribution is -2.09. The summed E-state index contributed by atoms with van der Waals surface area (Å²) in [4.78, 5) is 4.11. The summed E-state index contributed by atoms with van der Waals surface area (Å²) in [7, 11) is 0. The SMILES string of the molecule is CCCOCCOc1cc([C@H](C)N)ccn1. The molecule has 4 heteroatoms. The molecule has 90 valence electrons. The summed E-state index contributed by atoms with van der Waals surface area (Å²) in [5, 5.41) is 0. The lowest BCUT2D eigenvalue weighted by molar-refractivity contribution is 0.0990. The molecule has 0 aliphatic heterocycles. The molecule has 0 saturated heterocycles. The van der Waals surface area contributed by atoms with Crippen molar-refractivity contribution < 1.29 is 9.47 Å². The monoisotopic (exact) mass is 224 g/mol. The molecule has 1 aromatic rings. The van der Waals surface area contributed by atoms with Crippen LogP contribution in [0.5, 0.6) is 5.88 Å². The van der Waals surface area contributed by atoms with Crippen LogP contribution in [0, 0.1) is 0 Å². The molecule has 0 unspecified atom stereocenters. The third kappa shape index (κ3) is 4.59. The number of rotatable bonds is 7. The van der Waals surface area contributed by atoms with Crippen molar-refractivity contribution in [3.8, 4) is 5.88 Å². The molecule has 1 aromatic heterocycles. The Bertz CT molecular complexity index is 303. The second-order valence-corrected chi connectivity index (χ2v) is 3.68. The molecule has 1 atom stereocenters. The van der Waals surface area contributed by atoms with Crippen LogP contribution in [0.2, 0.25) is 0 Å². The third-order valence-electron chi connectivity index (χ3n) is 2.11. The van der Waals surface area contributed by atoms with Crippen LogP contribution in [0.15, 0.2) is 18.3 Å². The van der Waals surface area contributed by atoms with E-state index in [1.54, 1.807) is 6.20 Å². The van der Waals surface area contributed by atoms with Crippen molar-refractivity contribution in [3.05, 3.63) is 23.9 Å². The number of aromatic nitrogens is 1. The Morgan fingerprint density at radius 1 is 1.38 bits per heavy atom. The summed E-state index contributed by atoms with van der Waals surface area (Å²) in [5.41, 5.74) is 6.80. The zero-order chi connectivity index (χ0) is 11.8. The maximum atomic E-state index is 5.77. The molecule has 0 aromatic carbocycles. The first kappa shape index (κ1) is 12.9. The van der Waals surface area contributed by atoms with Crippen LogP contribution >= 0.6 is 0 Å². The first-order valence-corrected chi connectivity index (χ1v) is 5.66. The highest BCUT2D eigenvalue weighted by molar-refractivity contribution is 5.22. The number of ether oxygens (including phenoxy) is 2. The molecule has 4 nitrogen and oxygen atoms in total. The van der Waals surface area contributed by atoms with Gasteiger partial charge in [-0.3, -0.25) is 0 Å².